The Morgan fingerprint density at radius 1 is 0.773 bits per heavy atom. The van der Waals surface area contributed by atoms with Crippen molar-refractivity contribution in [1.29, 1.82) is 0 Å². The number of nitrogens with zero attached hydrogens (tertiary/aromatic N) is 1. The molecule has 1 heterocycles. The quantitative estimate of drug-likeness (QED) is 0.317. The molecule has 0 amide bonds. The molecule has 0 aromatic rings. The van der Waals surface area contributed by atoms with Gasteiger partial charge in [0.2, 0.25) is 0 Å². The van der Waals surface area contributed by atoms with E-state index < -0.39 is 0 Å². The smallest absolute Gasteiger partial charge is 0.0359 e. The van der Waals surface area contributed by atoms with Gasteiger partial charge < -0.3 is 4.90 Å². The van der Waals surface area contributed by atoms with Gasteiger partial charge in [-0.15, -0.1) is 0 Å². The maximum atomic E-state index is 2.45. The van der Waals surface area contributed by atoms with Crippen molar-refractivity contribution in [3.63, 3.8) is 0 Å². The van der Waals surface area contributed by atoms with Crippen LogP contribution in [0.15, 0.2) is 23.9 Å². The monoisotopic (exact) mass is 305 g/mol. The summed E-state index contributed by atoms with van der Waals surface area (Å²) in [5, 5.41) is 0. The molecule has 1 nitrogen and oxygen atoms in total. The average Bonchev–Trinajstić information content (AvgIpc) is 2.56. The minimum atomic E-state index is 1.12. The van der Waals surface area contributed by atoms with Gasteiger partial charge in [0.05, 0.1) is 0 Å². The molecule has 1 heteroatoms. The Morgan fingerprint density at radius 3 is 1.77 bits per heavy atom. The molecule has 0 fully saturated rings. The third kappa shape index (κ3) is 10.1. The molecule has 1 rings (SSSR count). The van der Waals surface area contributed by atoms with Gasteiger partial charge in [-0.05, 0) is 30.7 Å². The van der Waals surface area contributed by atoms with Crippen molar-refractivity contribution >= 4 is 0 Å². The maximum Gasteiger partial charge on any atom is 0.0359 e. The van der Waals surface area contributed by atoms with E-state index in [2.05, 4.69) is 37.1 Å². The first-order valence-corrected chi connectivity index (χ1v) is 9.98. The summed E-state index contributed by atoms with van der Waals surface area (Å²) < 4.78 is 0. The topological polar surface area (TPSA) is 3.24 Å². The first-order valence-electron chi connectivity index (χ1n) is 9.98. The highest BCUT2D eigenvalue weighted by Crippen LogP contribution is 2.13. The highest BCUT2D eigenvalue weighted by molar-refractivity contribution is 5.21. The predicted molar refractivity (Wildman–Crippen MR) is 100 cm³/mol. The van der Waals surface area contributed by atoms with Crippen molar-refractivity contribution in [2.24, 2.45) is 0 Å². The molecule has 1 aliphatic rings. The Balaban J connectivity index is 1.79. The lowest BCUT2D eigenvalue weighted by molar-refractivity contribution is 0.390. The van der Waals surface area contributed by atoms with Crippen LogP contribution < -0.4 is 0 Å². The molecule has 0 atom stereocenters. The van der Waals surface area contributed by atoms with E-state index in [9.17, 15) is 0 Å². The van der Waals surface area contributed by atoms with Gasteiger partial charge >= 0.3 is 0 Å². The fourth-order valence-electron chi connectivity index (χ4n) is 3.15. The van der Waals surface area contributed by atoms with Crippen LogP contribution >= 0.6 is 0 Å². The van der Waals surface area contributed by atoms with E-state index >= 15 is 0 Å². The van der Waals surface area contributed by atoms with Gasteiger partial charge in [0.1, 0.15) is 0 Å². The van der Waals surface area contributed by atoms with Gasteiger partial charge in [0.25, 0.3) is 0 Å². The Labute approximate surface area is 139 Å². The zero-order valence-corrected chi connectivity index (χ0v) is 15.3. The normalized spacial score (nSPS) is 14.5. The van der Waals surface area contributed by atoms with Crippen molar-refractivity contribution in [2.75, 3.05) is 13.1 Å². The van der Waals surface area contributed by atoms with Gasteiger partial charge in [-0.2, -0.15) is 0 Å². The maximum absolute atomic E-state index is 2.45. The lowest BCUT2D eigenvalue weighted by atomic mass is 10.1. The Kier molecular flexibility index (Phi) is 12.2. The standard InChI is InChI=1S/C21H39N/c1-3-5-6-7-8-9-10-11-12-13-14-15-18-22-19-16-21(4-2)17-20-22/h16-17,19H,3-15,18,20H2,1-2H3. The molecule has 0 saturated carbocycles. The van der Waals surface area contributed by atoms with E-state index in [1.807, 2.05) is 0 Å². The summed E-state index contributed by atoms with van der Waals surface area (Å²) in [6.07, 6.45) is 25.3. The summed E-state index contributed by atoms with van der Waals surface area (Å²) in [7, 11) is 0. The summed E-state index contributed by atoms with van der Waals surface area (Å²) in [5.41, 5.74) is 1.49. The van der Waals surface area contributed by atoms with Crippen molar-refractivity contribution in [3.05, 3.63) is 23.9 Å². The highest BCUT2D eigenvalue weighted by Gasteiger charge is 2.02. The molecule has 0 radical (unpaired) electrons. The third-order valence-corrected chi connectivity index (χ3v) is 4.79. The van der Waals surface area contributed by atoms with E-state index in [0.29, 0.717) is 0 Å². The van der Waals surface area contributed by atoms with E-state index in [-0.39, 0.29) is 0 Å². The minimum absolute atomic E-state index is 1.12. The van der Waals surface area contributed by atoms with Gasteiger partial charge in [-0.3, -0.25) is 0 Å². The fourth-order valence-corrected chi connectivity index (χ4v) is 3.15. The van der Waals surface area contributed by atoms with Gasteiger partial charge in [-0.25, -0.2) is 0 Å². The number of hydrogen-bond acceptors (Lipinski definition) is 1. The fraction of sp³-hybridized carbons (Fsp3) is 0.810. The van der Waals surface area contributed by atoms with Crippen LogP contribution in [0.25, 0.3) is 0 Å². The van der Waals surface area contributed by atoms with Crippen LogP contribution in [0.4, 0.5) is 0 Å². The van der Waals surface area contributed by atoms with E-state index in [4.69, 9.17) is 0 Å². The SMILES string of the molecule is CCCCCCCCCCCCCCN1C=CC(CC)=CC1. The first kappa shape index (κ1) is 19.3. The number of allylic oxidation sites excluding steroid dienone is 2. The van der Waals surface area contributed by atoms with Crippen molar-refractivity contribution < 1.29 is 0 Å². The predicted octanol–water partition coefficient (Wildman–Crippen LogP) is 6.85. The van der Waals surface area contributed by atoms with Crippen molar-refractivity contribution in [1.82, 2.24) is 4.90 Å². The van der Waals surface area contributed by atoms with E-state index in [1.165, 1.54) is 95.6 Å². The van der Waals surface area contributed by atoms with Crippen LogP contribution in [0.1, 0.15) is 97.3 Å². The summed E-state index contributed by atoms with van der Waals surface area (Å²) in [6, 6.07) is 0. The van der Waals surface area contributed by atoms with Crippen LogP contribution in [0.2, 0.25) is 0 Å². The molecule has 0 spiro atoms. The van der Waals surface area contributed by atoms with Gasteiger partial charge in [0, 0.05) is 13.1 Å². The van der Waals surface area contributed by atoms with Gasteiger partial charge in [-0.1, -0.05) is 90.6 Å². The summed E-state index contributed by atoms with van der Waals surface area (Å²) >= 11 is 0. The molecule has 0 aromatic carbocycles. The highest BCUT2D eigenvalue weighted by atomic mass is 15.1. The Bertz CT molecular complexity index is 303. The van der Waals surface area contributed by atoms with E-state index in [1.54, 1.807) is 0 Å². The van der Waals surface area contributed by atoms with Crippen molar-refractivity contribution in [3.8, 4) is 0 Å². The molecular weight excluding hydrogens is 266 g/mol. The van der Waals surface area contributed by atoms with Crippen LogP contribution in [0, 0.1) is 0 Å². The second-order valence-corrected chi connectivity index (χ2v) is 6.83. The molecule has 0 bridgehead atoms. The first-order chi connectivity index (χ1) is 10.9. The van der Waals surface area contributed by atoms with E-state index in [0.717, 1.165) is 6.54 Å². The van der Waals surface area contributed by atoms with Crippen LogP contribution in [-0.4, -0.2) is 18.0 Å². The van der Waals surface area contributed by atoms with Crippen LogP contribution in [-0.2, 0) is 0 Å². The largest absolute Gasteiger partial charge is 0.374 e. The lowest BCUT2D eigenvalue weighted by Crippen LogP contribution is -2.21. The summed E-state index contributed by atoms with van der Waals surface area (Å²) in [4.78, 5) is 2.45. The molecule has 0 aliphatic carbocycles. The van der Waals surface area contributed by atoms with Gasteiger partial charge in [0.15, 0.2) is 0 Å². The average molecular weight is 306 g/mol. The lowest BCUT2D eigenvalue weighted by Gasteiger charge is -2.22. The molecule has 22 heavy (non-hydrogen) atoms. The molecule has 128 valence electrons. The number of rotatable bonds is 14. The molecule has 0 saturated heterocycles. The minimum Gasteiger partial charge on any atom is -0.374 e. The van der Waals surface area contributed by atoms with Crippen LogP contribution in [0.5, 0.6) is 0 Å². The molecular formula is C21H39N. The molecule has 0 unspecified atom stereocenters. The Morgan fingerprint density at radius 2 is 1.32 bits per heavy atom. The summed E-state index contributed by atoms with van der Waals surface area (Å²) in [6.45, 7) is 6.89. The molecule has 0 N–H and O–H groups in total. The van der Waals surface area contributed by atoms with Crippen LogP contribution in [0.3, 0.4) is 0 Å². The van der Waals surface area contributed by atoms with Crippen molar-refractivity contribution in [2.45, 2.75) is 97.3 Å². The zero-order valence-electron chi connectivity index (χ0n) is 15.3. The molecule has 1 aliphatic heterocycles. The number of hydrogen-bond donors (Lipinski definition) is 0. The Hall–Kier alpha value is -0.720. The zero-order chi connectivity index (χ0) is 15.9. The third-order valence-electron chi connectivity index (χ3n) is 4.79. The molecule has 0 aromatic heterocycles. The number of unbranched alkanes of at least 4 members (excludes halogenated alkanes) is 11. The second kappa shape index (κ2) is 13.9. The second-order valence-electron chi connectivity index (χ2n) is 6.83. The summed E-state index contributed by atoms with van der Waals surface area (Å²) in [5.74, 6) is 0.